The normalized spacial score (nSPS) is 11.5. The number of rotatable bonds is 1. The van der Waals surface area contributed by atoms with Gasteiger partial charge in [0.15, 0.2) is 0 Å². The fraction of sp³-hybridized carbons (Fsp3) is 0.0625. The number of phenolic OH excluding ortho intramolecular Hbond substituents is 1. The lowest BCUT2D eigenvalue weighted by Gasteiger charge is -2.08. The van der Waals surface area contributed by atoms with Gasteiger partial charge in [-0.1, -0.05) is 24.3 Å². The van der Waals surface area contributed by atoms with Crippen LogP contribution in [-0.2, 0) is 7.05 Å². The number of aromatic hydroxyl groups is 1. The zero-order valence-electron chi connectivity index (χ0n) is 11.2. The summed E-state index contributed by atoms with van der Waals surface area (Å²) < 4.78 is 1.69. The molecule has 1 aromatic heterocycles. The van der Waals surface area contributed by atoms with Crippen LogP contribution >= 0.6 is 0 Å². The summed E-state index contributed by atoms with van der Waals surface area (Å²) in [6, 6.07) is 11.5. The molecule has 0 radical (unpaired) electrons. The maximum Gasteiger partial charge on any atom is 0.149 e. The molecule has 0 unspecified atom stereocenters. The van der Waals surface area contributed by atoms with Gasteiger partial charge in [-0.3, -0.25) is 0 Å². The second kappa shape index (κ2) is 4.02. The summed E-state index contributed by atoms with van der Waals surface area (Å²) in [6.07, 6.45) is 1.57. The van der Waals surface area contributed by atoms with Gasteiger partial charge in [0.1, 0.15) is 22.5 Å². The Morgan fingerprint density at radius 1 is 1.14 bits per heavy atom. The summed E-state index contributed by atoms with van der Waals surface area (Å²) in [6.45, 7) is 0. The van der Waals surface area contributed by atoms with E-state index >= 15 is 0 Å². The van der Waals surface area contributed by atoms with Crippen molar-refractivity contribution in [2.45, 2.75) is 0 Å². The maximum absolute atomic E-state index is 11.3. The first kappa shape index (κ1) is 11.8. The van der Waals surface area contributed by atoms with Gasteiger partial charge < -0.3 is 9.67 Å². The van der Waals surface area contributed by atoms with Crippen molar-refractivity contribution in [3.05, 3.63) is 47.6 Å². The van der Waals surface area contributed by atoms with Gasteiger partial charge in [-0.2, -0.15) is 0 Å². The summed E-state index contributed by atoms with van der Waals surface area (Å²) in [5.41, 5.74) is 1.21. The molecule has 0 bridgehead atoms. The van der Waals surface area contributed by atoms with Crippen molar-refractivity contribution in [1.29, 1.82) is 0 Å². The van der Waals surface area contributed by atoms with Gasteiger partial charge in [0.25, 0.3) is 0 Å². The summed E-state index contributed by atoms with van der Waals surface area (Å²) >= 11 is 0. The molecule has 0 fully saturated rings. The monoisotopic (exact) mass is 277 g/mol. The van der Waals surface area contributed by atoms with Crippen LogP contribution in [0.4, 0.5) is 5.69 Å². The molecule has 5 nitrogen and oxygen atoms in total. The van der Waals surface area contributed by atoms with E-state index in [2.05, 4.69) is 10.2 Å². The Labute approximate surface area is 119 Å². The Kier molecular flexibility index (Phi) is 2.27. The Balaban J connectivity index is 2.34. The fourth-order valence-electron chi connectivity index (χ4n) is 2.86. The van der Waals surface area contributed by atoms with Crippen molar-refractivity contribution in [2.75, 3.05) is 0 Å². The molecule has 1 heterocycles. The third-order valence-corrected chi connectivity index (χ3v) is 3.87. The number of nitroso groups, excluding NO2 is 1. The molecule has 102 valence electrons. The molecule has 0 aliphatic carbocycles. The van der Waals surface area contributed by atoms with E-state index in [-0.39, 0.29) is 11.4 Å². The van der Waals surface area contributed by atoms with Crippen LogP contribution in [0.1, 0.15) is 0 Å². The van der Waals surface area contributed by atoms with Crippen LogP contribution in [0.15, 0.2) is 47.9 Å². The lowest BCUT2D eigenvalue weighted by Crippen LogP contribution is -1.87. The zero-order chi connectivity index (χ0) is 14.6. The molecule has 0 spiro atoms. The number of aromatic nitrogens is 2. The van der Waals surface area contributed by atoms with Crippen LogP contribution in [0.5, 0.6) is 5.75 Å². The van der Waals surface area contributed by atoms with Gasteiger partial charge in [0.2, 0.25) is 0 Å². The lowest BCUT2D eigenvalue weighted by atomic mass is 10.0. The molecule has 0 saturated heterocycles. The topological polar surface area (TPSA) is 67.5 Å². The number of phenols is 1. The van der Waals surface area contributed by atoms with E-state index in [9.17, 15) is 10.0 Å². The number of hydrogen-bond donors (Lipinski definition) is 1. The van der Waals surface area contributed by atoms with Crippen molar-refractivity contribution in [3.8, 4) is 5.75 Å². The Morgan fingerprint density at radius 3 is 2.48 bits per heavy atom. The SMILES string of the molecule is Cn1cnc2c(N=O)c3cc4ccccc4cc3c(O)c21. The Hall–Kier alpha value is -2.95. The highest BCUT2D eigenvalue weighted by atomic mass is 16.3. The van der Waals surface area contributed by atoms with Crippen LogP contribution in [0.25, 0.3) is 32.6 Å². The van der Waals surface area contributed by atoms with Gasteiger partial charge in [-0.05, 0) is 28.1 Å². The molecule has 0 amide bonds. The molecule has 3 aromatic carbocycles. The standard InChI is InChI=1S/C16H11N3O2/c1-19-8-17-14-13(18-21)11-6-9-4-2-3-5-10(9)7-12(11)16(20)15(14)19/h2-8,20H,1H3. The zero-order valence-corrected chi connectivity index (χ0v) is 11.2. The number of benzene rings is 3. The third-order valence-electron chi connectivity index (χ3n) is 3.87. The van der Waals surface area contributed by atoms with E-state index in [1.54, 1.807) is 17.9 Å². The van der Waals surface area contributed by atoms with Crippen LogP contribution in [0.3, 0.4) is 0 Å². The van der Waals surface area contributed by atoms with Gasteiger partial charge in [0.05, 0.1) is 6.33 Å². The van der Waals surface area contributed by atoms with Crippen molar-refractivity contribution in [2.24, 2.45) is 12.2 Å². The maximum atomic E-state index is 11.3. The molecule has 4 aromatic rings. The first-order valence-electron chi connectivity index (χ1n) is 6.52. The minimum Gasteiger partial charge on any atom is -0.505 e. The van der Waals surface area contributed by atoms with E-state index in [0.29, 0.717) is 21.8 Å². The molecule has 21 heavy (non-hydrogen) atoms. The molecular formula is C16H11N3O2. The predicted octanol–water partition coefficient (Wildman–Crippen LogP) is 3.98. The van der Waals surface area contributed by atoms with Crippen molar-refractivity contribution < 1.29 is 5.11 Å². The first-order valence-corrected chi connectivity index (χ1v) is 6.52. The molecule has 0 atom stereocenters. The molecule has 1 N–H and O–H groups in total. The highest BCUT2D eigenvalue weighted by Gasteiger charge is 2.18. The Morgan fingerprint density at radius 2 is 1.81 bits per heavy atom. The number of aryl methyl sites for hydroxylation is 1. The quantitative estimate of drug-likeness (QED) is 0.422. The predicted molar refractivity (Wildman–Crippen MR) is 82.8 cm³/mol. The van der Waals surface area contributed by atoms with E-state index in [1.807, 2.05) is 36.4 Å². The summed E-state index contributed by atoms with van der Waals surface area (Å²) in [4.78, 5) is 15.5. The minimum atomic E-state index is 0.123. The van der Waals surface area contributed by atoms with Gasteiger partial charge in [0, 0.05) is 17.8 Å². The highest BCUT2D eigenvalue weighted by molar-refractivity contribution is 6.15. The molecule has 5 heteroatoms. The minimum absolute atomic E-state index is 0.123. The van der Waals surface area contributed by atoms with Crippen LogP contribution in [0.2, 0.25) is 0 Å². The number of fused-ring (bicyclic) bond motifs is 3. The van der Waals surface area contributed by atoms with E-state index in [0.717, 1.165) is 10.8 Å². The Bertz CT molecular complexity index is 1030. The average Bonchev–Trinajstić information content (AvgIpc) is 2.88. The van der Waals surface area contributed by atoms with Crippen LogP contribution < -0.4 is 0 Å². The molecule has 0 aliphatic heterocycles. The molecule has 0 saturated carbocycles. The summed E-state index contributed by atoms with van der Waals surface area (Å²) in [7, 11) is 1.77. The number of hydrogen-bond acceptors (Lipinski definition) is 4. The number of imidazole rings is 1. The summed E-state index contributed by atoms with van der Waals surface area (Å²) in [5, 5.41) is 16.9. The summed E-state index contributed by atoms with van der Waals surface area (Å²) in [5.74, 6) is 0.123. The van der Waals surface area contributed by atoms with Crippen LogP contribution in [0, 0.1) is 4.91 Å². The van der Waals surface area contributed by atoms with E-state index in [4.69, 9.17) is 0 Å². The largest absolute Gasteiger partial charge is 0.505 e. The van der Waals surface area contributed by atoms with Crippen LogP contribution in [-0.4, -0.2) is 14.7 Å². The van der Waals surface area contributed by atoms with Crippen molar-refractivity contribution in [1.82, 2.24) is 9.55 Å². The smallest absolute Gasteiger partial charge is 0.149 e. The van der Waals surface area contributed by atoms with Gasteiger partial charge >= 0.3 is 0 Å². The van der Waals surface area contributed by atoms with Gasteiger partial charge in [-0.15, -0.1) is 4.91 Å². The lowest BCUT2D eigenvalue weighted by molar-refractivity contribution is 0.485. The molecular weight excluding hydrogens is 266 g/mol. The molecule has 4 rings (SSSR count). The average molecular weight is 277 g/mol. The highest BCUT2D eigenvalue weighted by Crippen LogP contribution is 2.42. The third kappa shape index (κ3) is 1.48. The van der Waals surface area contributed by atoms with E-state index in [1.165, 1.54) is 0 Å². The second-order valence-electron chi connectivity index (χ2n) is 5.09. The van der Waals surface area contributed by atoms with E-state index < -0.39 is 0 Å². The fourth-order valence-corrected chi connectivity index (χ4v) is 2.86. The van der Waals surface area contributed by atoms with Gasteiger partial charge in [-0.25, -0.2) is 4.98 Å². The van der Waals surface area contributed by atoms with Crippen molar-refractivity contribution in [3.63, 3.8) is 0 Å². The first-order chi connectivity index (χ1) is 10.2. The second-order valence-corrected chi connectivity index (χ2v) is 5.09. The number of nitrogens with zero attached hydrogens (tertiary/aromatic N) is 3. The molecule has 0 aliphatic rings. The van der Waals surface area contributed by atoms with Crippen molar-refractivity contribution >= 4 is 38.3 Å².